The number of aryl methyl sites for hydroxylation is 1. The first-order valence-corrected chi connectivity index (χ1v) is 11.1. The van der Waals surface area contributed by atoms with Gasteiger partial charge in [0.05, 0.1) is 17.9 Å². The number of fused-ring (bicyclic) bond motifs is 1. The number of hydrogen-bond donors (Lipinski definition) is 1. The number of carbonyl (C=O) groups is 1. The Kier molecular flexibility index (Phi) is 5.75. The van der Waals surface area contributed by atoms with Gasteiger partial charge in [-0.05, 0) is 48.9 Å². The van der Waals surface area contributed by atoms with Crippen LogP contribution in [0.3, 0.4) is 0 Å². The molecule has 0 aliphatic carbocycles. The van der Waals surface area contributed by atoms with Crippen LogP contribution in [-0.4, -0.2) is 32.4 Å². The molecular weight excluding hydrogens is 434 g/mol. The molecular formula is C26H22ClN5O. The van der Waals surface area contributed by atoms with E-state index < -0.39 is 0 Å². The van der Waals surface area contributed by atoms with Gasteiger partial charge in [0, 0.05) is 52.8 Å². The number of halogens is 1. The highest BCUT2D eigenvalue weighted by atomic mass is 35.5. The maximum absolute atomic E-state index is 13.0. The van der Waals surface area contributed by atoms with E-state index in [9.17, 15) is 4.79 Å². The van der Waals surface area contributed by atoms with E-state index in [1.54, 1.807) is 41.6 Å². The summed E-state index contributed by atoms with van der Waals surface area (Å²) in [5, 5.41) is 3.59. The molecule has 0 spiro atoms. The topological polar surface area (TPSA) is 71.0 Å². The Balaban J connectivity index is 1.52. The van der Waals surface area contributed by atoms with Crippen LogP contribution in [0.25, 0.3) is 22.6 Å². The van der Waals surface area contributed by atoms with Crippen LogP contribution >= 0.6 is 11.6 Å². The summed E-state index contributed by atoms with van der Waals surface area (Å²) in [7, 11) is 0. The first-order chi connectivity index (χ1) is 16.1. The summed E-state index contributed by atoms with van der Waals surface area (Å²) in [6, 6.07) is 18.9. The first kappa shape index (κ1) is 21.1. The second-order valence-electron chi connectivity index (χ2n) is 7.99. The van der Waals surface area contributed by atoms with Gasteiger partial charge >= 0.3 is 6.03 Å². The van der Waals surface area contributed by atoms with Crippen molar-refractivity contribution in [2.24, 2.45) is 0 Å². The summed E-state index contributed by atoms with van der Waals surface area (Å²) in [4.78, 5) is 28.8. The van der Waals surface area contributed by atoms with Crippen LogP contribution in [0.15, 0.2) is 73.1 Å². The van der Waals surface area contributed by atoms with Crippen molar-refractivity contribution in [1.29, 1.82) is 0 Å². The Bertz CT molecular complexity index is 1310. The van der Waals surface area contributed by atoms with E-state index >= 15 is 0 Å². The van der Waals surface area contributed by atoms with Crippen LogP contribution in [0.5, 0.6) is 0 Å². The summed E-state index contributed by atoms with van der Waals surface area (Å²) in [6.07, 6.45) is 4.16. The minimum Gasteiger partial charge on any atom is -0.320 e. The van der Waals surface area contributed by atoms with Gasteiger partial charge in [-0.3, -0.25) is 4.98 Å². The maximum Gasteiger partial charge on any atom is 0.322 e. The van der Waals surface area contributed by atoms with Crippen molar-refractivity contribution in [3.05, 3.63) is 94.9 Å². The number of anilines is 1. The average Bonchev–Trinajstić information content (AvgIpc) is 2.85. The number of hydrogen-bond acceptors (Lipinski definition) is 4. The smallest absolute Gasteiger partial charge is 0.320 e. The van der Waals surface area contributed by atoms with Crippen molar-refractivity contribution in [1.82, 2.24) is 19.9 Å². The third-order valence-electron chi connectivity index (χ3n) is 5.76. The van der Waals surface area contributed by atoms with Gasteiger partial charge in [-0.1, -0.05) is 35.9 Å². The Labute approximate surface area is 197 Å². The SMILES string of the molecule is Cc1ccccc1-c1nc(-c2cccnc2)nc2c1CN(C(=O)Nc1ccc(Cl)cc1)CC2. The van der Waals surface area contributed by atoms with Crippen LogP contribution in [0.2, 0.25) is 5.02 Å². The fourth-order valence-electron chi connectivity index (χ4n) is 4.01. The van der Waals surface area contributed by atoms with Crippen molar-refractivity contribution in [3.63, 3.8) is 0 Å². The third-order valence-corrected chi connectivity index (χ3v) is 6.01. The first-order valence-electron chi connectivity index (χ1n) is 10.8. The van der Waals surface area contributed by atoms with Crippen LogP contribution in [0, 0.1) is 6.92 Å². The predicted molar refractivity (Wildman–Crippen MR) is 130 cm³/mol. The van der Waals surface area contributed by atoms with Gasteiger partial charge in [-0.2, -0.15) is 0 Å². The van der Waals surface area contributed by atoms with E-state index in [-0.39, 0.29) is 6.03 Å². The minimum atomic E-state index is -0.157. The van der Waals surface area contributed by atoms with E-state index in [2.05, 4.69) is 29.4 Å². The molecule has 2 amide bonds. The molecule has 7 heteroatoms. The molecule has 1 aliphatic rings. The molecule has 3 heterocycles. The van der Waals surface area contributed by atoms with Gasteiger partial charge in [0.15, 0.2) is 5.82 Å². The molecule has 1 aliphatic heterocycles. The molecule has 0 saturated carbocycles. The second kappa shape index (κ2) is 9.00. The molecule has 2 aromatic heterocycles. The second-order valence-corrected chi connectivity index (χ2v) is 8.42. The summed E-state index contributed by atoms with van der Waals surface area (Å²) in [6.45, 7) is 3.08. The molecule has 5 rings (SSSR count). The molecule has 0 bridgehead atoms. The monoisotopic (exact) mass is 455 g/mol. The molecule has 2 aromatic carbocycles. The number of aromatic nitrogens is 3. The van der Waals surface area contributed by atoms with E-state index in [1.165, 1.54) is 0 Å². The number of amides is 2. The number of rotatable bonds is 3. The fourth-order valence-corrected chi connectivity index (χ4v) is 4.13. The van der Waals surface area contributed by atoms with Crippen LogP contribution < -0.4 is 5.32 Å². The largest absolute Gasteiger partial charge is 0.322 e. The maximum atomic E-state index is 13.0. The molecule has 33 heavy (non-hydrogen) atoms. The minimum absolute atomic E-state index is 0.157. The summed E-state index contributed by atoms with van der Waals surface area (Å²) >= 11 is 5.96. The van der Waals surface area contributed by atoms with Crippen molar-refractivity contribution in [2.75, 3.05) is 11.9 Å². The lowest BCUT2D eigenvalue weighted by molar-refractivity contribution is 0.206. The highest BCUT2D eigenvalue weighted by molar-refractivity contribution is 6.30. The molecule has 0 fully saturated rings. The van der Waals surface area contributed by atoms with Gasteiger partial charge in [0.25, 0.3) is 0 Å². The Morgan fingerprint density at radius 1 is 1.03 bits per heavy atom. The van der Waals surface area contributed by atoms with Gasteiger partial charge in [0.2, 0.25) is 0 Å². The van der Waals surface area contributed by atoms with Gasteiger partial charge in [-0.25, -0.2) is 14.8 Å². The van der Waals surface area contributed by atoms with E-state index in [1.807, 2.05) is 24.3 Å². The molecule has 6 nitrogen and oxygen atoms in total. The van der Waals surface area contributed by atoms with Crippen LogP contribution in [0.1, 0.15) is 16.8 Å². The van der Waals surface area contributed by atoms with Crippen molar-refractivity contribution >= 4 is 23.3 Å². The number of nitrogens with one attached hydrogen (secondary N) is 1. The Morgan fingerprint density at radius 2 is 1.85 bits per heavy atom. The molecule has 0 saturated heterocycles. The van der Waals surface area contributed by atoms with Crippen molar-refractivity contribution < 1.29 is 4.79 Å². The quantitative estimate of drug-likeness (QED) is 0.426. The standard InChI is InChI=1S/C26H22ClN5O/c1-17-5-2-3-7-21(17)24-22-16-32(26(33)29-20-10-8-19(27)9-11-20)14-12-23(22)30-25(31-24)18-6-4-13-28-15-18/h2-11,13,15H,12,14,16H2,1H3,(H,29,33). The molecule has 1 N–H and O–H groups in total. The van der Waals surface area contributed by atoms with Crippen molar-refractivity contribution in [2.45, 2.75) is 19.9 Å². The van der Waals surface area contributed by atoms with Crippen molar-refractivity contribution in [3.8, 4) is 22.6 Å². The zero-order chi connectivity index (χ0) is 22.8. The molecule has 0 unspecified atom stereocenters. The lowest BCUT2D eigenvalue weighted by atomic mass is 9.96. The van der Waals surface area contributed by atoms with Crippen LogP contribution in [0.4, 0.5) is 10.5 Å². The predicted octanol–water partition coefficient (Wildman–Crippen LogP) is 5.76. The van der Waals surface area contributed by atoms with E-state index in [0.29, 0.717) is 36.0 Å². The number of benzene rings is 2. The van der Waals surface area contributed by atoms with Gasteiger partial charge in [0.1, 0.15) is 0 Å². The zero-order valence-electron chi connectivity index (χ0n) is 18.1. The molecule has 0 atom stereocenters. The highest BCUT2D eigenvalue weighted by Crippen LogP contribution is 2.32. The third kappa shape index (κ3) is 4.43. The molecule has 0 radical (unpaired) electrons. The average molecular weight is 456 g/mol. The normalized spacial score (nSPS) is 12.8. The fraction of sp³-hybridized carbons (Fsp3) is 0.154. The van der Waals surface area contributed by atoms with Crippen LogP contribution in [-0.2, 0) is 13.0 Å². The number of urea groups is 1. The van der Waals surface area contributed by atoms with Gasteiger partial charge in [-0.15, -0.1) is 0 Å². The van der Waals surface area contributed by atoms with Gasteiger partial charge < -0.3 is 10.2 Å². The zero-order valence-corrected chi connectivity index (χ0v) is 18.9. The highest BCUT2D eigenvalue weighted by Gasteiger charge is 2.27. The Morgan fingerprint density at radius 3 is 2.61 bits per heavy atom. The molecule has 4 aromatic rings. The number of pyridine rings is 1. The summed E-state index contributed by atoms with van der Waals surface area (Å²) in [5.74, 6) is 0.652. The lowest BCUT2D eigenvalue weighted by Crippen LogP contribution is -2.39. The lowest BCUT2D eigenvalue weighted by Gasteiger charge is -2.30. The van der Waals surface area contributed by atoms with E-state index in [0.717, 1.165) is 33.6 Å². The van der Waals surface area contributed by atoms with E-state index in [4.69, 9.17) is 21.6 Å². The summed E-state index contributed by atoms with van der Waals surface area (Å²) in [5.41, 5.74) is 6.56. The number of carbonyl (C=O) groups excluding carboxylic acids is 1. The Hall–Kier alpha value is -3.77. The summed E-state index contributed by atoms with van der Waals surface area (Å²) < 4.78 is 0. The molecule has 164 valence electrons. The number of nitrogens with zero attached hydrogens (tertiary/aromatic N) is 4.